The smallest absolute Gasteiger partial charge is 0.293 e. The molecule has 0 saturated carbocycles. The van der Waals surface area contributed by atoms with Gasteiger partial charge in [0.15, 0.2) is 0 Å². The molecule has 2 saturated heterocycles. The molecule has 2 aromatic carbocycles. The molecule has 3 aliphatic heterocycles. The van der Waals surface area contributed by atoms with Crippen molar-refractivity contribution in [2.45, 2.75) is 111 Å². The van der Waals surface area contributed by atoms with Crippen molar-refractivity contribution in [1.82, 2.24) is 40.4 Å². The molecule has 5 heterocycles. The molecule has 15 heteroatoms. The van der Waals surface area contributed by atoms with Gasteiger partial charge in [0.05, 0.1) is 24.1 Å². The van der Waals surface area contributed by atoms with E-state index >= 15 is 0 Å². The minimum absolute atomic E-state index is 0.0764. The van der Waals surface area contributed by atoms with Crippen molar-refractivity contribution in [3.63, 3.8) is 0 Å². The fraction of sp³-hybridized carbons (Fsp3) is 0.500. The lowest BCUT2D eigenvalue weighted by Crippen LogP contribution is -2.58. The molecule has 7 rings (SSSR count). The summed E-state index contributed by atoms with van der Waals surface area (Å²) >= 11 is 0. The van der Waals surface area contributed by atoms with Gasteiger partial charge >= 0.3 is 0 Å². The molecular weight excluding hydrogens is 897 g/mol. The van der Waals surface area contributed by atoms with Gasteiger partial charge in [-0.2, -0.15) is 0 Å². The second-order valence-corrected chi connectivity index (χ2v) is 20.0. The van der Waals surface area contributed by atoms with Crippen LogP contribution < -0.4 is 16.1 Å². The number of rotatable bonds is 20. The number of ether oxygens (including phenoxy) is 2. The van der Waals surface area contributed by atoms with Crippen molar-refractivity contribution in [3.8, 4) is 22.4 Å². The minimum Gasteiger partial charge on any atom is -0.467 e. The van der Waals surface area contributed by atoms with E-state index in [9.17, 15) is 24.0 Å². The number of methoxy groups -OCH3 is 1. The zero-order valence-corrected chi connectivity index (χ0v) is 43.2. The zero-order valence-electron chi connectivity index (χ0n) is 43.2. The largest absolute Gasteiger partial charge is 0.467 e. The third-order valence-corrected chi connectivity index (χ3v) is 13.8. The lowest BCUT2D eigenvalue weighted by atomic mass is 9.83. The molecule has 382 valence electrons. The van der Waals surface area contributed by atoms with Gasteiger partial charge in [0.1, 0.15) is 12.1 Å². The van der Waals surface area contributed by atoms with Crippen LogP contribution in [0, 0.1) is 11.3 Å². The Balaban J connectivity index is 0.000000824. The first kappa shape index (κ1) is 54.2. The van der Waals surface area contributed by atoms with Crippen LogP contribution in [0.25, 0.3) is 38.9 Å². The summed E-state index contributed by atoms with van der Waals surface area (Å²) in [5, 5.41) is 9.16. The second-order valence-electron chi connectivity index (χ2n) is 20.0. The van der Waals surface area contributed by atoms with Crippen LogP contribution in [0.15, 0.2) is 73.5 Å². The summed E-state index contributed by atoms with van der Waals surface area (Å²) in [7, 11) is 3.30. The fourth-order valence-corrected chi connectivity index (χ4v) is 10.1. The van der Waals surface area contributed by atoms with Gasteiger partial charge in [0.2, 0.25) is 18.2 Å². The highest BCUT2D eigenvalue weighted by Gasteiger charge is 2.33. The minimum atomic E-state index is -0.857. The molecule has 15 nitrogen and oxygen atoms in total. The van der Waals surface area contributed by atoms with Crippen LogP contribution in [-0.4, -0.2) is 127 Å². The Bertz CT molecular complexity index is 2540. The number of fused-ring (bicyclic) bond motifs is 1. The van der Waals surface area contributed by atoms with Gasteiger partial charge < -0.3 is 34.5 Å². The van der Waals surface area contributed by atoms with E-state index in [4.69, 9.17) is 14.5 Å². The van der Waals surface area contributed by atoms with Crippen molar-refractivity contribution < 1.29 is 33.4 Å². The topological polar surface area (TPSA) is 167 Å². The van der Waals surface area contributed by atoms with Gasteiger partial charge in [-0.05, 0) is 123 Å². The second kappa shape index (κ2) is 25.3. The maximum atomic E-state index is 14.1. The molecule has 0 bridgehead atoms. The van der Waals surface area contributed by atoms with E-state index in [-0.39, 0.29) is 42.8 Å². The van der Waals surface area contributed by atoms with Crippen molar-refractivity contribution in [2.75, 3.05) is 60.0 Å². The standard InChI is InChI=1S/C49H65N7O6.C7H11NO/c1-9-55-43-16-15-37(36-14-12-13-34(23-36)24-42(48(60)56-22-11-10-19-52-56)53-47(59)45(32(2)3)54(7)30-57)25-39(43)41(27-49(5,6)29-62-31-58)46(55)40-26-38(35-17-20-50-21-18-35)28-51-44(40)33(4)61-8;1-2-7(9)8-5-3-4-6-8/h12-17,23,25-26,28,30-33,42,45,50,52H,9-11,18-22,24,27,29H2,1-8H3,(H,53,59);2H,1,3-6H2. The van der Waals surface area contributed by atoms with E-state index in [1.807, 2.05) is 44.0 Å². The summed E-state index contributed by atoms with van der Waals surface area (Å²) in [6, 6.07) is 15.4. The predicted octanol–water partition coefficient (Wildman–Crippen LogP) is 7.28. The number of pyridine rings is 1. The Hall–Kier alpha value is -6.16. The van der Waals surface area contributed by atoms with Crippen LogP contribution >= 0.6 is 0 Å². The van der Waals surface area contributed by atoms with Gasteiger partial charge in [-0.15, -0.1) is 0 Å². The van der Waals surface area contributed by atoms with Crippen LogP contribution in [-0.2, 0) is 52.8 Å². The molecule has 3 N–H and O–H groups in total. The molecule has 71 heavy (non-hydrogen) atoms. The Morgan fingerprint density at radius 3 is 2.35 bits per heavy atom. The normalized spacial score (nSPS) is 16.3. The van der Waals surface area contributed by atoms with Crippen molar-refractivity contribution in [1.29, 1.82) is 0 Å². The van der Waals surface area contributed by atoms with Gasteiger partial charge in [-0.1, -0.05) is 70.7 Å². The molecule has 0 radical (unpaired) electrons. The third-order valence-electron chi connectivity index (χ3n) is 13.8. The number of benzene rings is 2. The number of hydrogen-bond donors (Lipinski definition) is 3. The maximum Gasteiger partial charge on any atom is 0.293 e. The Labute approximate surface area is 420 Å². The quantitative estimate of drug-likeness (QED) is 0.0605. The molecule has 3 unspecified atom stereocenters. The molecule has 3 aliphatic rings. The molecule has 4 amide bonds. The highest BCUT2D eigenvalue weighted by Crippen LogP contribution is 2.43. The maximum absolute atomic E-state index is 14.1. The Kier molecular flexibility index (Phi) is 19.3. The molecule has 3 atom stereocenters. The number of hydrogen-bond acceptors (Lipinski definition) is 10. The van der Waals surface area contributed by atoms with E-state index in [0.29, 0.717) is 38.9 Å². The van der Waals surface area contributed by atoms with Crippen molar-refractivity contribution >= 4 is 47.1 Å². The van der Waals surface area contributed by atoms with Crippen LogP contribution in [0.3, 0.4) is 0 Å². The molecule has 2 aromatic heterocycles. The Morgan fingerprint density at radius 2 is 1.72 bits per heavy atom. The fourth-order valence-electron chi connectivity index (χ4n) is 10.1. The number of likely N-dealkylation sites (tertiary alicyclic amines) is 1. The van der Waals surface area contributed by atoms with Crippen LogP contribution in [0.5, 0.6) is 0 Å². The molecular formula is C56H76N8O7. The number of hydrazine groups is 1. The molecule has 0 spiro atoms. The number of aryl methyl sites for hydroxylation is 1. The first-order valence-electron chi connectivity index (χ1n) is 25.3. The number of aromatic nitrogens is 2. The highest BCUT2D eigenvalue weighted by atomic mass is 16.5. The van der Waals surface area contributed by atoms with Gasteiger partial charge in [-0.3, -0.25) is 34.0 Å². The van der Waals surface area contributed by atoms with Crippen molar-refractivity contribution in [3.05, 3.63) is 95.8 Å². The number of nitrogens with zero attached hydrogens (tertiary/aromatic N) is 5. The van der Waals surface area contributed by atoms with Crippen LogP contribution in [0.4, 0.5) is 0 Å². The third kappa shape index (κ3) is 13.4. The van der Waals surface area contributed by atoms with E-state index in [0.717, 1.165) is 114 Å². The summed E-state index contributed by atoms with van der Waals surface area (Å²) in [5.41, 5.74) is 13.2. The first-order valence-corrected chi connectivity index (χ1v) is 25.3. The average molecular weight is 973 g/mol. The molecule has 2 fully saturated rings. The van der Waals surface area contributed by atoms with Gasteiger partial charge in [-0.25, -0.2) is 5.43 Å². The highest BCUT2D eigenvalue weighted by molar-refractivity contribution is 5.96. The number of carbonyl (C=O) groups is 5. The lowest BCUT2D eigenvalue weighted by molar-refractivity contribution is -0.142. The number of likely N-dealkylation sites (N-methyl/N-ethyl adjacent to an activating group) is 1. The summed E-state index contributed by atoms with van der Waals surface area (Å²) in [4.78, 5) is 70.1. The van der Waals surface area contributed by atoms with Crippen LogP contribution in [0.2, 0.25) is 0 Å². The van der Waals surface area contributed by atoms with E-state index in [1.165, 1.54) is 16.5 Å². The number of amides is 4. The Morgan fingerprint density at radius 1 is 0.972 bits per heavy atom. The van der Waals surface area contributed by atoms with Crippen LogP contribution in [0.1, 0.15) is 102 Å². The summed E-state index contributed by atoms with van der Waals surface area (Å²) in [6.45, 7) is 21.9. The zero-order chi connectivity index (χ0) is 51.2. The summed E-state index contributed by atoms with van der Waals surface area (Å²) in [5.74, 6) is -0.663. The SMILES string of the molecule is C=CC(=O)N1CCCC1.CCn1c(-c2cc(C3=CCNCC3)cnc2C(C)OC)c(CC(C)(C)COC=O)c2cc(-c3cccc(CC(NC(=O)C(C(C)C)N(C)C=O)C(=O)N4CCCCN4)c3)ccc21. The van der Waals surface area contributed by atoms with E-state index < -0.39 is 17.5 Å². The predicted molar refractivity (Wildman–Crippen MR) is 280 cm³/mol. The monoisotopic (exact) mass is 973 g/mol. The first-order chi connectivity index (χ1) is 34.1. The number of nitrogens with one attached hydrogen (secondary N) is 3. The summed E-state index contributed by atoms with van der Waals surface area (Å²) < 4.78 is 13.7. The molecule has 4 aromatic rings. The van der Waals surface area contributed by atoms with Gasteiger partial charge in [0.25, 0.3) is 12.4 Å². The van der Waals surface area contributed by atoms with Crippen molar-refractivity contribution in [2.24, 2.45) is 11.3 Å². The number of carbonyl (C=O) groups excluding carboxylic acids is 5. The lowest BCUT2D eigenvalue weighted by Gasteiger charge is -2.33. The summed E-state index contributed by atoms with van der Waals surface area (Å²) in [6.07, 6.45) is 11.9. The molecule has 0 aliphatic carbocycles. The van der Waals surface area contributed by atoms with E-state index in [2.05, 4.69) is 90.5 Å². The van der Waals surface area contributed by atoms with Gasteiger partial charge in [0, 0.05) is 87.9 Å². The van der Waals surface area contributed by atoms with E-state index in [1.54, 1.807) is 19.2 Å². The average Bonchev–Trinajstić information content (AvgIpc) is 4.04.